The van der Waals surface area contributed by atoms with Gasteiger partial charge < -0.3 is 20.1 Å². The van der Waals surface area contributed by atoms with Gasteiger partial charge in [0.05, 0.1) is 14.2 Å². The normalized spacial score (nSPS) is 21.7. The first-order valence-corrected chi connectivity index (χ1v) is 7.41. The first-order chi connectivity index (χ1) is 10.2. The molecule has 1 saturated heterocycles. The zero-order valence-corrected chi connectivity index (χ0v) is 12.9. The van der Waals surface area contributed by atoms with Crippen molar-refractivity contribution in [2.75, 3.05) is 20.8 Å². The van der Waals surface area contributed by atoms with E-state index >= 15 is 0 Å². The molecule has 0 aromatic heterocycles. The van der Waals surface area contributed by atoms with E-state index in [0.717, 1.165) is 6.42 Å². The monoisotopic (exact) mass is 292 g/mol. The number of nitrogens with one attached hydrogen (secondary N) is 2. The van der Waals surface area contributed by atoms with Crippen molar-refractivity contribution in [3.8, 4) is 11.5 Å². The Kier molecular flexibility index (Phi) is 5.44. The number of carbonyl (C=O) groups excluding carboxylic acids is 1. The lowest BCUT2D eigenvalue weighted by molar-refractivity contribution is 0.0940. The van der Waals surface area contributed by atoms with Gasteiger partial charge >= 0.3 is 0 Å². The zero-order chi connectivity index (χ0) is 15.2. The van der Waals surface area contributed by atoms with Crippen LogP contribution in [0, 0.1) is 0 Å². The van der Waals surface area contributed by atoms with Crippen molar-refractivity contribution in [2.24, 2.45) is 0 Å². The summed E-state index contributed by atoms with van der Waals surface area (Å²) >= 11 is 0. The van der Waals surface area contributed by atoms with E-state index in [9.17, 15) is 4.79 Å². The highest BCUT2D eigenvalue weighted by molar-refractivity contribution is 5.99. The molecule has 1 fully saturated rings. The Labute approximate surface area is 126 Å². The fourth-order valence-corrected chi connectivity index (χ4v) is 2.78. The van der Waals surface area contributed by atoms with Gasteiger partial charge in [-0.1, -0.05) is 12.5 Å². The summed E-state index contributed by atoms with van der Waals surface area (Å²) < 4.78 is 10.5. The van der Waals surface area contributed by atoms with Crippen LogP contribution in [0.5, 0.6) is 11.5 Å². The maximum Gasteiger partial charge on any atom is 0.258 e. The SMILES string of the molecule is COc1cccc(OC)c1C(=O)NCC1CCCC(C)N1. The molecule has 5 heteroatoms. The molecule has 5 nitrogen and oxygen atoms in total. The minimum Gasteiger partial charge on any atom is -0.496 e. The van der Waals surface area contributed by atoms with Gasteiger partial charge in [-0.3, -0.25) is 4.79 Å². The molecule has 1 aromatic rings. The lowest BCUT2D eigenvalue weighted by Crippen LogP contribution is -2.47. The van der Waals surface area contributed by atoms with Gasteiger partial charge in [0.15, 0.2) is 0 Å². The van der Waals surface area contributed by atoms with E-state index in [-0.39, 0.29) is 5.91 Å². The number of ether oxygens (including phenoxy) is 2. The summed E-state index contributed by atoms with van der Waals surface area (Å²) in [5.41, 5.74) is 0.450. The van der Waals surface area contributed by atoms with Crippen LogP contribution in [0.15, 0.2) is 18.2 Å². The number of benzene rings is 1. The number of hydrogen-bond acceptors (Lipinski definition) is 4. The largest absolute Gasteiger partial charge is 0.496 e. The van der Waals surface area contributed by atoms with Crippen LogP contribution in [0.2, 0.25) is 0 Å². The third-order valence-corrected chi connectivity index (χ3v) is 3.87. The molecule has 21 heavy (non-hydrogen) atoms. The van der Waals surface area contributed by atoms with Crippen LogP contribution in [0.1, 0.15) is 36.5 Å². The van der Waals surface area contributed by atoms with Crippen molar-refractivity contribution in [1.82, 2.24) is 10.6 Å². The van der Waals surface area contributed by atoms with Gasteiger partial charge in [-0.25, -0.2) is 0 Å². The van der Waals surface area contributed by atoms with E-state index < -0.39 is 0 Å². The fraction of sp³-hybridized carbons (Fsp3) is 0.562. The molecule has 2 atom stereocenters. The molecule has 0 saturated carbocycles. The van der Waals surface area contributed by atoms with Gasteiger partial charge in [0, 0.05) is 18.6 Å². The predicted octanol–water partition coefficient (Wildman–Crippen LogP) is 1.96. The second-order valence-corrected chi connectivity index (χ2v) is 5.44. The van der Waals surface area contributed by atoms with E-state index in [1.54, 1.807) is 32.4 Å². The van der Waals surface area contributed by atoms with Crippen molar-refractivity contribution >= 4 is 5.91 Å². The van der Waals surface area contributed by atoms with E-state index in [1.807, 2.05) is 0 Å². The van der Waals surface area contributed by atoms with Gasteiger partial charge in [0.2, 0.25) is 0 Å². The topological polar surface area (TPSA) is 59.6 Å². The van der Waals surface area contributed by atoms with Gasteiger partial charge in [0.1, 0.15) is 17.1 Å². The lowest BCUT2D eigenvalue weighted by Gasteiger charge is -2.29. The Bertz CT molecular complexity index is 468. The molecule has 116 valence electrons. The van der Waals surface area contributed by atoms with Crippen molar-refractivity contribution in [2.45, 2.75) is 38.3 Å². The second-order valence-electron chi connectivity index (χ2n) is 5.44. The predicted molar refractivity (Wildman–Crippen MR) is 82.1 cm³/mol. The summed E-state index contributed by atoms with van der Waals surface area (Å²) in [4.78, 5) is 12.4. The number of rotatable bonds is 5. The Morgan fingerprint density at radius 1 is 1.29 bits per heavy atom. The molecule has 0 spiro atoms. The molecule has 1 heterocycles. The van der Waals surface area contributed by atoms with Crippen LogP contribution < -0.4 is 20.1 Å². The van der Waals surface area contributed by atoms with Crippen molar-refractivity contribution in [3.63, 3.8) is 0 Å². The molecule has 0 radical (unpaired) electrons. The molecule has 1 aliphatic rings. The van der Waals surface area contributed by atoms with Gasteiger partial charge in [-0.05, 0) is 31.9 Å². The number of carbonyl (C=O) groups is 1. The van der Waals surface area contributed by atoms with Gasteiger partial charge in [-0.15, -0.1) is 0 Å². The quantitative estimate of drug-likeness (QED) is 0.871. The molecule has 2 rings (SSSR count). The van der Waals surface area contributed by atoms with Gasteiger partial charge in [-0.2, -0.15) is 0 Å². The third kappa shape index (κ3) is 3.88. The Morgan fingerprint density at radius 3 is 2.52 bits per heavy atom. The summed E-state index contributed by atoms with van der Waals surface area (Å²) in [5, 5.41) is 6.48. The molecule has 2 N–H and O–H groups in total. The standard InChI is InChI=1S/C16H24N2O3/c1-11-6-4-7-12(18-11)10-17-16(19)15-13(20-2)8-5-9-14(15)21-3/h5,8-9,11-12,18H,4,6-7,10H2,1-3H3,(H,17,19). The fourth-order valence-electron chi connectivity index (χ4n) is 2.78. The van der Waals surface area contributed by atoms with Crippen molar-refractivity contribution in [3.05, 3.63) is 23.8 Å². The maximum absolute atomic E-state index is 12.4. The highest BCUT2D eigenvalue weighted by atomic mass is 16.5. The van der Waals surface area contributed by atoms with E-state index in [1.165, 1.54) is 12.8 Å². The maximum atomic E-state index is 12.4. The lowest BCUT2D eigenvalue weighted by atomic mass is 9.99. The third-order valence-electron chi connectivity index (χ3n) is 3.87. The van der Waals surface area contributed by atoms with Crippen molar-refractivity contribution in [1.29, 1.82) is 0 Å². The molecule has 1 aliphatic heterocycles. The molecular weight excluding hydrogens is 268 g/mol. The van der Waals surface area contributed by atoms with Crippen LogP contribution in [0.25, 0.3) is 0 Å². The molecule has 0 bridgehead atoms. The number of piperidine rings is 1. The second kappa shape index (κ2) is 7.31. The Balaban J connectivity index is 2.03. The zero-order valence-electron chi connectivity index (χ0n) is 12.9. The summed E-state index contributed by atoms with van der Waals surface area (Å²) in [6, 6.07) is 6.18. The number of hydrogen-bond donors (Lipinski definition) is 2. The number of methoxy groups -OCH3 is 2. The average Bonchev–Trinajstić information content (AvgIpc) is 2.51. The van der Waals surface area contributed by atoms with Crippen LogP contribution >= 0.6 is 0 Å². The van der Waals surface area contributed by atoms with Crippen LogP contribution in [-0.2, 0) is 0 Å². The van der Waals surface area contributed by atoms with Crippen molar-refractivity contribution < 1.29 is 14.3 Å². The van der Waals surface area contributed by atoms with Crippen LogP contribution in [-0.4, -0.2) is 38.8 Å². The summed E-state index contributed by atoms with van der Waals surface area (Å²) in [7, 11) is 3.10. The summed E-state index contributed by atoms with van der Waals surface area (Å²) in [6.07, 6.45) is 3.49. The van der Waals surface area contributed by atoms with E-state index in [0.29, 0.717) is 35.7 Å². The highest BCUT2D eigenvalue weighted by Crippen LogP contribution is 2.27. The Hall–Kier alpha value is -1.75. The van der Waals surface area contributed by atoms with Crippen LogP contribution in [0.4, 0.5) is 0 Å². The summed E-state index contributed by atoms with van der Waals surface area (Å²) in [6.45, 7) is 2.79. The highest BCUT2D eigenvalue weighted by Gasteiger charge is 2.21. The number of amides is 1. The summed E-state index contributed by atoms with van der Waals surface area (Å²) in [5.74, 6) is 0.887. The smallest absolute Gasteiger partial charge is 0.258 e. The molecule has 1 amide bonds. The van der Waals surface area contributed by atoms with Crippen LogP contribution in [0.3, 0.4) is 0 Å². The molecule has 0 aliphatic carbocycles. The first-order valence-electron chi connectivity index (χ1n) is 7.41. The minimum absolute atomic E-state index is 0.163. The molecule has 1 aromatic carbocycles. The first kappa shape index (κ1) is 15.6. The van der Waals surface area contributed by atoms with E-state index in [2.05, 4.69) is 17.6 Å². The van der Waals surface area contributed by atoms with Gasteiger partial charge in [0.25, 0.3) is 5.91 Å². The average molecular weight is 292 g/mol. The Morgan fingerprint density at radius 2 is 1.95 bits per heavy atom. The van der Waals surface area contributed by atoms with E-state index in [4.69, 9.17) is 9.47 Å². The molecule has 2 unspecified atom stereocenters. The minimum atomic E-state index is -0.163. The molecular formula is C16H24N2O3.